The van der Waals surface area contributed by atoms with Crippen LogP contribution in [0.2, 0.25) is 0 Å². The molecule has 1 aromatic carbocycles. The van der Waals surface area contributed by atoms with E-state index in [0.717, 1.165) is 21.8 Å². The summed E-state index contributed by atoms with van der Waals surface area (Å²) in [4.78, 5) is 49.1. The fraction of sp³-hybridized carbons (Fsp3) is 0.429. The van der Waals surface area contributed by atoms with Crippen molar-refractivity contribution in [3.63, 3.8) is 0 Å². The quantitative estimate of drug-likeness (QED) is 0.784. The Morgan fingerprint density at radius 1 is 1.17 bits per heavy atom. The molecule has 3 atom stereocenters. The van der Waals surface area contributed by atoms with Gasteiger partial charge in [-0.15, -0.1) is 0 Å². The van der Waals surface area contributed by atoms with Crippen LogP contribution < -0.4 is 4.90 Å². The maximum Gasteiger partial charge on any atom is 0.328 e. The Kier molecular flexibility index (Phi) is 4.25. The number of likely N-dealkylation sites (N-methyl/N-ethyl adjacent to an activating group) is 1. The van der Waals surface area contributed by atoms with Crippen LogP contribution in [0.25, 0.3) is 0 Å². The van der Waals surface area contributed by atoms with E-state index in [2.05, 4.69) is 6.07 Å². The molecule has 0 bridgehead atoms. The van der Waals surface area contributed by atoms with Crippen LogP contribution in [-0.2, 0) is 9.59 Å². The third kappa shape index (κ3) is 2.66. The van der Waals surface area contributed by atoms with E-state index in [-0.39, 0.29) is 5.78 Å². The number of aryl methyl sites for hydroxylation is 2. The second-order valence-corrected chi connectivity index (χ2v) is 7.98. The molecule has 0 N–H and O–H groups in total. The molecule has 1 aromatic rings. The van der Waals surface area contributed by atoms with E-state index in [1.165, 1.54) is 17.4 Å². The number of anilines is 1. The molecule has 0 saturated carbocycles. The topological polar surface area (TPSA) is 76.5 Å². The zero-order chi connectivity index (χ0) is 21.2. The largest absolute Gasteiger partial charge is 0.328 e. The normalized spacial score (nSPS) is 24.5. The summed E-state index contributed by atoms with van der Waals surface area (Å²) in [5, 5.41) is 0. The van der Waals surface area contributed by atoms with Crippen LogP contribution in [0.4, 0.5) is 10.5 Å². The number of hydrogen-bond donors (Lipinski definition) is 0. The minimum Gasteiger partial charge on any atom is -0.302 e. The van der Waals surface area contributed by atoms with E-state index in [0.29, 0.717) is 5.96 Å². The molecule has 8 heteroatoms. The number of rotatable bonds is 3. The van der Waals surface area contributed by atoms with Crippen molar-refractivity contribution in [2.45, 2.75) is 52.9 Å². The Morgan fingerprint density at radius 3 is 2.48 bits per heavy atom. The van der Waals surface area contributed by atoms with Crippen LogP contribution >= 0.6 is 0 Å². The first-order chi connectivity index (χ1) is 13.6. The molecule has 4 rings (SSSR count). The number of guanidine groups is 1. The van der Waals surface area contributed by atoms with Crippen molar-refractivity contribution in [2.24, 2.45) is 4.99 Å². The van der Waals surface area contributed by atoms with Gasteiger partial charge >= 0.3 is 6.03 Å². The van der Waals surface area contributed by atoms with Crippen molar-refractivity contribution >= 4 is 29.4 Å². The zero-order valence-corrected chi connectivity index (χ0v) is 17.5. The van der Waals surface area contributed by atoms with Crippen molar-refractivity contribution in [1.29, 1.82) is 0 Å². The first-order valence-electron chi connectivity index (χ1n) is 9.65. The molecular weight excluding hydrogens is 370 g/mol. The van der Waals surface area contributed by atoms with E-state index >= 15 is 0 Å². The van der Waals surface area contributed by atoms with E-state index in [1.54, 1.807) is 14.0 Å². The summed E-state index contributed by atoms with van der Waals surface area (Å²) in [5.74, 6) is -0.0106. The Balaban J connectivity index is 1.75. The predicted octanol–water partition coefficient (Wildman–Crippen LogP) is 2.22. The van der Waals surface area contributed by atoms with E-state index in [9.17, 15) is 14.4 Å². The molecular formula is C21H25N5O3. The number of fused-ring (bicyclic) bond motifs is 3. The Hall–Kier alpha value is -3.16. The van der Waals surface area contributed by atoms with E-state index in [4.69, 9.17) is 4.99 Å². The summed E-state index contributed by atoms with van der Waals surface area (Å²) in [7, 11) is 1.62. The minimum atomic E-state index is -0.814. The maximum absolute atomic E-state index is 13.3. The average Bonchev–Trinajstić information content (AvgIpc) is 3.15. The van der Waals surface area contributed by atoms with Crippen molar-refractivity contribution < 1.29 is 14.4 Å². The van der Waals surface area contributed by atoms with Crippen LogP contribution in [0.1, 0.15) is 31.9 Å². The third-order valence-electron chi connectivity index (χ3n) is 5.90. The van der Waals surface area contributed by atoms with Gasteiger partial charge in [0.05, 0.1) is 11.7 Å². The Bertz CT molecular complexity index is 998. The maximum atomic E-state index is 13.3. The number of amides is 3. The molecule has 3 amide bonds. The lowest BCUT2D eigenvalue weighted by molar-refractivity contribution is -0.142. The van der Waals surface area contributed by atoms with Gasteiger partial charge in [0, 0.05) is 18.9 Å². The van der Waals surface area contributed by atoms with Crippen molar-refractivity contribution in [2.75, 3.05) is 11.9 Å². The number of hydrogen-bond acceptors (Lipinski definition) is 6. The van der Waals surface area contributed by atoms with Gasteiger partial charge in [0.2, 0.25) is 5.96 Å². The monoisotopic (exact) mass is 395 g/mol. The highest BCUT2D eigenvalue weighted by Gasteiger charge is 2.55. The molecule has 3 heterocycles. The molecule has 1 fully saturated rings. The van der Waals surface area contributed by atoms with Gasteiger partial charge in [-0.1, -0.05) is 17.7 Å². The number of urea groups is 1. The lowest BCUT2D eigenvalue weighted by Gasteiger charge is -2.41. The summed E-state index contributed by atoms with van der Waals surface area (Å²) in [6.07, 6.45) is 1.26. The SMILES string of the molecule is CC(=O)C(C)N1C(=O)C2C(N=C3N(c4ccc(C)cc4C)C(C)=CN32)N(C)C1=O. The minimum absolute atomic E-state index is 0.234. The Morgan fingerprint density at radius 2 is 1.86 bits per heavy atom. The van der Waals surface area contributed by atoms with Gasteiger partial charge in [-0.3, -0.25) is 19.4 Å². The zero-order valence-electron chi connectivity index (χ0n) is 17.5. The van der Waals surface area contributed by atoms with Crippen LogP contribution in [0.15, 0.2) is 35.1 Å². The van der Waals surface area contributed by atoms with Crippen LogP contribution in [0.5, 0.6) is 0 Å². The van der Waals surface area contributed by atoms with Gasteiger partial charge in [-0.2, -0.15) is 0 Å². The third-order valence-corrected chi connectivity index (χ3v) is 5.90. The number of carbonyl (C=O) groups is 3. The van der Waals surface area contributed by atoms with E-state index in [1.807, 2.05) is 48.9 Å². The molecule has 3 aliphatic rings. The lowest BCUT2D eigenvalue weighted by atomic mass is 10.1. The summed E-state index contributed by atoms with van der Waals surface area (Å²) in [5.41, 5.74) is 4.19. The first kappa shape index (κ1) is 19.2. The van der Waals surface area contributed by atoms with Gasteiger partial charge in [0.15, 0.2) is 18.0 Å². The highest BCUT2D eigenvalue weighted by molar-refractivity contribution is 6.11. The van der Waals surface area contributed by atoms with Crippen molar-refractivity contribution in [3.8, 4) is 0 Å². The van der Waals surface area contributed by atoms with Crippen LogP contribution in [-0.4, -0.2) is 63.7 Å². The lowest BCUT2D eigenvalue weighted by Crippen LogP contribution is -2.66. The fourth-order valence-corrected chi connectivity index (χ4v) is 4.21. The van der Waals surface area contributed by atoms with Gasteiger partial charge in [-0.25, -0.2) is 9.79 Å². The summed E-state index contributed by atoms with van der Waals surface area (Å²) < 4.78 is 0. The highest BCUT2D eigenvalue weighted by Crippen LogP contribution is 2.38. The smallest absolute Gasteiger partial charge is 0.302 e. The molecule has 0 spiro atoms. The number of carbonyl (C=O) groups excluding carboxylic acids is 3. The standard InChI is InChI=1S/C21H25N5O3/c1-11-7-8-16(12(2)9-11)25-13(3)10-24-17-18(22-20(24)25)23(6)21(29)26(19(17)28)14(4)15(5)27/h7-10,14,17-18H,1-6H3. The molecule has 29 heavy (non-hydrogen) atoms. The van der Waals surface area contributed by atoms with Gasteiger partial charge in [0.25, 0.3) is 5.91 Å². The number of benzene rings is 1. The molecule has 3 aliphatic heterocycles. The van der Waals surface area contributed by atoms with Crippen molar-refractivity contribution in [1.82, 2.24) is 14.7 Å². The number of Topliss-reactive ketones (excluding diaryl/α,β-unsaturated/α-hetero) is 1. The molecule has 8 nitrogen and oxygen atoms in total. The van der Waals surface area contributed by atoms with Crippen molar-refractivity contribution in [3.05, 3.63) is 41.2 Å². The average molecular weight is 395 g/mol. The number of allylic oxidation sites excluding steroid dienone is 1. The van der Waals surface area contributed by atoms with E-state index < -0.39 is 30.2 Å². The second kappa shape index (κ2) is 6.43. The van der Waals surface area contributed by atoms with Crippen LogP contribution in [0, 0.1) is 13.8 Å². The second-order valence-electron chi connectivity index (χ2n) is 7.98. The molecule has 0 radical (unpaired) electrons. The molecule has 0 aliphatic carbocycles. The van der Waals surface area contributed by atoms with Gasteiger partial charge in [-0.05, 0) is 46.2 Å². The number of nitrogens with zero attached hydrogens (tertiary/aromatic N) is 5. The first-order valence-corrected chi connectivity index (χ1v) is 9.65. The van der Waals surface area contributed by atoms with Gasteiger partial charge < -0.3 is 9.80 Å². The number of ketones is 1. The fourth-order valence-electron chi connectivity index (χ4n) is 4.21. The molecule has 0 aromatic heterocycles. The highest BCUT2D eigenvalue weighted by atomic mass is 16.2. The summed E-state index contributed by atoms with van der Waals surface area (Å²) in [6, 6.07) is 4.19. The molecule has 152 valence electrons. The summed E-state index contributed by atoms with van der Waals surface area (Å²) in [6.45, 7) is 9.01. The summed E-state index contributed by atoms with van der Waals surface area (Å²) >= 11 is 0. The van der Waals surface area contributed by atoms with Crippen LogP contribution in [0.3, 0.4) is 0 Å². The van der Waals surface area contributed by atoms with Gasteiger partial charge in [0.1, 0.15) is 0 Å². The Labute approximate surface area is 170 Å². The predicted molar refractivity (Wildman–Crippen MR) is 109 cm³/mol. The number of imide groups is 1. The molecule has 3 unspecified atom stereocenters. The number of aliphatic imine (C=N–C) groups is 1. The molecule has 1 saturated heterocycles.